The fourth-order valence-corrected chi connectivity index (χ4v) is 2.66. The van der Waals surface area contributed by atoms with Crippen molar-refractivity contribution in [2.24, 2.45) is 0 Å². The van der Waals surface area contributed by atoms with Gasteiger partial charge in [-0.05, 0) is 49.7 Å². The summed E-state index contributed by atoms with van der Waals surface area (Å²) in [5.41, 5.74) is 0.759. The molecule has 1 heterocycles. The second-order valence-corrected chi connectivity index (χ2v) is 6.58. The van der Waals surface area contributed by atoms with Crippen LogP contribution in [0, 0.1) is 2.88 Å². The van der Waals surface area contributed by atoms with Gasteiger partial charge in [0.05, 0.1) is 8.45 Å². The third kappa shape index (κ3) is 4.48. The first-order chi connectivity index (χ1) is 6.99. The Hall–Kier alpha value is -0.140. The summed E-state index contributed by atoms with van der Waals surface area (Å²) >= 11 is 3.81. The lowest BCUT2D eigenvalue weighted by Gasteiger charge is -2.17. The number of thiophene rings is 1. The SMILES string of the molecule is CC(CN(C)C)NC(=O)c1csc(I)c1. The van der Waals surface area contributed by atoms with Gasteiger partial charge in [0.2, 0.25) is 0 Å². The summed E-state index contributed by atoms with van der Waals surface area (Å²) in [6.45, 7) is 2.86. The minimum Gasteiger partial charge on any atom is -0.348 e. The second-order valence-electron chi connectivity index (χ2n) is 3.78. The summed E-state index contributed by atoms with van der Waals surface area (Å²) in [5, 5.41) is 4.85. The minimum absolute atomic E-state index is 0.0171. The molecule has 0 saturated carbocycles. The highest BCUT2D eigenvalue weighted by atomic mass is 127. The van der Waals surface area contributed by atoms with Crippen molar-refractivity contribution in [3.63, 3.8) is 0 Å². The Morgan fingerprint density at radius 3 is 2.80 bits per heavy atom. The zero-order valence-electron chi connectivity index (χ0n) is 9.08. The first kappa shape index (κ1) is 12.9. The number of nitrogens with one attached hydrogen (secondary N) is 1. The van der Waals surface area contributed by atoms with Crippen LogP contribution >= 0.6 is 33.9 Å². The molecule has 15 heavy (non-hydrogen) atoms. The van der Waals surface area contributed by atoms with Gasteiger partial charge in [-0.25, -0.2) is 0 Å². The molecule has 0 bridgehead atoms. The molecule has 1 aromatic rings. The van der Waals surface area contributed by atoms with E-state index in [1.165, 1.54) is 0 Å². The van der Waals surface area contributed by atoms with Crippen molar-refractivity contribution >= 4 is 39.8 Å². The summed E-state index contributed by atoms with van der Waals surface area (Å²) in [4.78, 5) is 13.8. The molecule has 1 unspecified atom stereocenters. The molecule has 1 N–H and O–H groups in total. The molecule has 84 valence electrons. The van der Waals surface area contributed by atoms with Crippen molar-refractivity contribution in [2.45, 2.75) is 13.0 Å². The number of rotatable bonds is 4. The van der Waals surface area contributed by atoms with Gasteiger partial charge in [0, 0.05) is 18.0 Å². The summed E-state index contributed by atoms with van der Waals surface area (Å²) < 4.78 is 1.14. The molecule has 0 aliphatic heterocycles. The quantitative estimate of drug-likeness (QED) is 0.852. The molecule has 0 spiro atoms. The highest BCUT2D eigenvalue weighted by molar-refractivity contribution is 14.1. The zero-order chi connectivity index (χ0) is 11.4. The molecule has 1 rings (SSSR count). The molecule has 1 amide bonds. The van der Waals surface area contributed by atoms with E-state index < -0.39 is 0 Å². The molecular formula is C10H15IN2OS. The highest BCUT2D eigenvalue weighted by Gasteiger charge is 2.11. The summed E-state index contributed by atoms with van der Waals surface area (Å²) in [6.07, 6.45) is 0. The summed E-state index contributed by atoms with van der Waals surface area (Å²) in [5.74, 6) is 0.0171. The third-order valence-electron chi connectivity index (χ3n) is 1.85. The van der Waals surface area contributed by atoms with Crippen LogP contribution in [-0.2, 0) is 0 Å². The maximum atomic E-state index is 11.7. The van der Waals surface area contributed by atoms with Crippen LogP contribution in [0.3, 0.4) is 0 Å². The number of likely N-dealkylation sites (N-methyl/N-ethyl adjacent to an activating group) is 1. The molecule has 0 aliphatic carbocycles. The molecule has 0 radical (unpaired) electrons. The number of hydrogen-bond acceptors (Lipinski definition) is 3. The van der Waals surface area contributed by atoms with E-state index in [-0.39, 0.29) is 11.9 Å². The second kappa shape index (κ2) is 5.81. The fraction of sp³-hybridized carbons (Fsp3) is 0.500. The largest absolute Gasteiger partial charge is 0.348 e. The Morgan fingerprint density at radius 2 is 2.33 bits per heavy atom. The molecule has 0 aliphatic rings. The van der Waals surface area contributed by atoms with Gasteiger partial charge in [-0.1, -0.05) is 0 Å². The van der Waals surface area contributed by atoms with Gasteiger partial charge in [-0.2, -0.15) is 0 Å². The molecule has 1 atom stereocenters. The van der Waals surface area contributed by atoms with E-state index in [0.29, 0.717) is 0 Å². The highest BCUT2D eigenvalue weighted by Crippen LogP contribution is 2.16. The molecule has 5 heteroatoms. The summed E-state index contributed by atoms with van der Waals surface area (Å²) in [7, 11) is 3.99. The number of nitrogens with zero attached hydrogens (tertiary/aromatic N) is 1. The van der Waals surface area contributed by atoms with E-state index in [1.54, 1.807) is 11.3 Å². The predicted molar refractivity (Wildman–Crippen MR) is 72.5 cm³/mol. The Balaban J connectivity index is 2.49. The number of carbonyl (C=O) groups excluding carboxylic acids is 1. The Kier molecular flexibility index (Phi) is 5.01. The monoisotopic (exact) mass is 338 g/mol. The van der Waals surface area contributed by atoms with E-state index in [0.717, 1.165) is 15.0 Å². The van der Waals surface area contributed by atoms with Crippen LogP contribution in [-0.4, -0.2) is 37.5 Å². The van der Waals surface area contributed by atoms with Crippen molar-refractivity contribution in [1.29, 1.82) is 0 Å². The zero-order valence-corrected chi connectivity index (χ0v) is 12.1. The van der Waals surface area contributed by atoms with Gasteiger partial charge in [0.25, 0.3) is 5.91 Å². The lowest BCUT2D eigenvalue weighted by atomic mass is 10.2. The van der Waals surface area contributed by atoms with Crippen molar-refractivity contribution in [2.75, 3.05) is 20.6 Å². The smallest absolute Gasteiger partial charge is 0.252 e. The van der Waals surface area contributed by atoms with Crippen molar-refractivity contribution in [3.8, 4) is 0 Å². The van der Waals surface area contributed by atoms with Crippen LogP contribution in [0.25, 0.3) is 0 Å². The van der Waals surface area contributed by atoms with Gasteiger partial charge >= 0.3 is 0 Å². The normalized spacial score (nSPS) is 12.9. The van der Waals surface area contributed by atoms with Crippen molar-refractivity contribution < 1.29 is 4.79 Å². The maximum Gasteiger partial charge on any atom is 0.252 e. The Bertz CT molecular complexity index is 338. The van der Waals surface area contributed by atoms with Gasteiger partial charge in [-0.15, -0.1) is 11.3 Å². The number of halogens is 1. The predicted octanol–water partition coefficient (Wildman–Crippen LogP) is 2.03. The molecule has 3 nitrogen and oxygen atoms in total. The van der Waals surface area contributed by atoms with E-state index in [9.17, 15) is 4.79 Å². The van der Waals surface area contributed by atoms with Gasteiger partial charge in [0.15, 0.2) is 0 Å². The van der Waals surface area contributed by atoms with Crippen LogP contribution in [0.2, 0.25) is 0 Å². The van der Waals surface area contributed by atoms with Gasteiger partial charge in [-0.3, -0.25) is 4.79 Å². The summed E-state index contributed by atoms with van der Waals surface area (Å²) in [6, 6.07) is 2.08. The van der Waals surface area contributed by atoms with Gasteiger partial charge in [0.1, 0.15) is 0 Å². The first-order valence-electron chi connectivity index (χ1n) is 4.68. The number of carbonyl (C=O) groups is 1. The van der Waals surface area contributed by atoms with Crippen LogP contribution in [0.1, 0.15) is 17.3 Å². The van der Waals surface area contributed by atoms with E-state index in [2.05, 4.69) is 32.8 Å². The minimum atomic E-state index is 0.0171. The fourth-order valence-electron chi connectivity index (χ4n) is 1.33. The molecular weight excluding hydrogens is 323 g/mol. The van der Waals surface area contributed by atoms with Crippen LogP contribution < -0.4 is 5.32 Å². The van der Waals surface area contributed by atoms with E-state index >= 15 is 0 Å². The molecule has 1 aromatic heterocycles. The van der Waals surface area contributed by atoms with E-state index in [4.69, 9.17) is 0 Å². The Morgan fingerprint density at radius 1 is 1.67 bits per heavy atom. The lowest BCUT2D eigenvalue weighted by Crippen LogP contribution is -2.39. The average Bonchev–Trinajstić information content (AvgIpc) is 2.49. The Labute approximate surface area is 108 Å². The molecule has 0 saturated heterocycles. The first-order valence-corrected chi connectivity index (χ1v) is 6.64. The number of hydrogen-bond donors (Lipinski definition) is 1. The van der Waals surface area contributed by atoms with Crippen LogP contribution in [0.4, 0.5) is 0 Å². The van der Waals surface area contributed by atoms with E-state index in [1.807, 2.05) is 32.5 Å². The average molecular weight is 338 g/mol. The van der Waals surface area contributed by atoms with Crippen molar-refractivity contribution in [1.82, 2.24) is 10.2 Å². The molecule has 0 fully saturated rings. The van der Waals surface area contributed by atoms with Gasteiger partial charge < -0.3 is 10.2 Å². The van der Waals surface area contributed by atoms with Crippen LogP contribution in [0.15, 0.2) is 11.4 Å². The number of amides is 1. The molecule has 0 aromatic carbocycles. The third-order valence-corrected chi connectivity index (χ3v) is 3.64. The van der Waals surface area contributed by atoms with Crippen LogP contribution in [0.5, 0.6) is 0 Å². The van der Waals surface area contributed by atoms with Crippen molar-refractivity contribution in [3.05, 3.63) is 19.9 Å². The standard InChI is InChI=1S/C10H15IN2OS/c1-7(5-13(2)3)12-10(14)8-4-9(11)15-6-8/h4,6-7H,5H2,1-3H3,(H,12,14). The topological polar surface area (TPSA) is 32.3 Å². The maximum absolute atomic E-state index is 11.7. The lowest BCUT2D eigenvalue weighted by molar-refractivity contribution is 0.0935.